The lowest BCUT2D eigenvalue weighted by Gasteiger charge is -2.10. The van der Waals surface area contributed by atoms with Crippen molar-refractivity contribution in [2.75, 3.05) is 0 Å². The molecule has 0 fully saturated rings. The van der Waals surface area contributed by atoms with Gasteiger partial charge in [-0.05, 0) is 29.8 Å². The second kappa shape index (κ2) is 9.88. The average molecular weight is 482 g/mol. The van der Waals surface area contributed by atoms with E-state index in [4.69, 9.17) is 11.6 Å². The minimum absolute atomic E-state index is 0.0408. The van der Waals surface area contributed by atoms with Gasteiger partial charge in [-0.3, -0.25) is 19.4 Å². The van der Waals surface area contributed by atoms with Crippen LogP contribution in [-0.4, -0.2) is 26.3 Å². The molecule has 0 aliphatic rings. The fraction of sp³-hybridized carbons (Fsp3) is 0.167. The van der Waals surface area contributed by atoms with Crippen LogP contribution in [0, 0.1) is 5.82 Å². The Morgan fingerprint density at radius 3 is 2.71 bits per heavy atom. The predicted octanol–water partition coefficient (Wildman–Crippen LogP) is 3.13. The molecule has 0 aliphatic carbocycles. The third-order valence-corrected chi connectivity index (χ3v) is 5.55. The van der Waals surface area contributed by atoms with Crippen molar-refractivity contribution in [1.82, 2.24) is 25.2 Å². The number of nitrogens with zero attached hydrogens (tertiary/aromatic N) is 2. The molecule has 4 aromatic rings. The molecule has 0 bridgehead atoms. The van der Waals surface area contributed by atoms with E-state index < -0.39 is 11.7 Å². The number of hydrogen-bond donors (Lipinski definition) is 3. The number of rotatable bonds is 7. The number of carbonyl (C=O) groups excluding carboxylic acids is 2. The van der Waals surface area contributed by atoms with Crippen molar-refractivity contribution in [3.63, 3.8) is 0 Å². The first-order valence-electron chi connectivity index (χ1n) is 10.4. The standard InChI is InChI=1S/C24H21ClFN5O3/c1-14(32)27-10-18-4-2-15(8-28-18)12-31-13-16(3-5-23(31)33)24(34)30-9-17-6-19-20(25)11-29-22(19)7-21(17)26/h2-8,11,13,29H,9-10,12H2,1H3,(H,27,32)(H,30,34). The molecule has 0 aliphatic heterocycles. The Balaban J connectivity index is 1.44. The first-order valence-corrected chi connectivity index (χ1v) is 10.8. The molecule has 8 nitrogen and oxygen atoms in total. The van der Waals surface area contributed by atoms with Crippen molar-refractivity contribution in [1.29, 1.82) is 0 Å². The van der Waals surface area contributed by atoms with Crippen LogP contribution in [0.5, 0.6) is 0 Å². The number of halogens is 2. The minimum atomic E-state index is -0.467. The largest absolute Gasteiger partial charge is 0.360 e. The van der Waals surface area contributed by atoms with Crippen molar-refractivity contribution in [2.24, 2.45) is 0 Å². The van der Waals surface area contributed by atoms with Crippen LogP contribution >= 0.6 is 11.6 Å². The van der Waals surface area contributed by atoms with Crippen molar-refractivity contribution in [2.45, 2.75) is 26.6 Å². The summed E-state index contributed by atoms with van der Waals surface area (Å²) in [7, 11) is 0. The van der Waals surface area contributed by atoms with Gasteiger partial charge in [0.25, 0.3) is 11.5 Å². The number of amides is 2. The summed E-state index contributed by atoms with van der Waals surface area (Å²) in [5, 5.41) is 6.47. The summed E-state index contributed by atoms with van der Waals surface area (Å²) in [6.45, 7) is 1.91. The lowest BCUT2D eigenvalue weighted by molar-refractivity contribution is -0.119. The van der Waals surface area contributed by atoms with Gasteiger partial charge in [0, 0.05) is 54.6 Å². The van der Waals surface area contributed by atoms with Gasteiger partial charge in [0.2, 0.25) is 5.91 Å². The second-order valence-electron chi connectivity index (χ2n) is 7.76. The first-order chi connectivity index (χ1) is 16.3. The summed E-state index contributed by atoms with van der Waals surface area (Å²) in [4.78, 5) is 43.1. The highest BCUT2D eigenvalue weighted by Crippen LogP contribution is 2.25. The maximum atomic E-state index is 14.4. The Kier molecular flexibility index (Phi) is 6.74. The van der Waals surface area contributed by atoms with Gasteiger partial charge >= 0.3 is 0 Å². The highest BCUT2D eigenvalue weighted by atomic mass is 35.5. The Labute approximate surface area is 198 Å². The Bertz CT molecular complexity index is 1430. The number of H-pyrrole nitrogens is 1. The molecule has 2 amide bonds. The molecular weight excluding hydrogens is 461 g/mol. The third kappa shape index (κ3) is 5.32. The summed E-state index contributed by atoms with van der Waals surface area (Å²) in [6, 6.07) is 9.21. The van der Waals surface area contributed by atoms with Crippen LogP contribution < -0.4 is 16.2 Å². The Morgan fingerprint density at radius 2 is 1.97 bits per heavy atom. The first kappa shape index (κ1) is 23.2. The molecule has 0 saturated carbocycles. The minimum Gasteiger partial charge on any atom is -0.360 e. The fourth-order valence-corrected chi connectivity index (χ4v) is 3.63. The maximum Gasteiger partial charge on any atom is 0.253 e. The molecular formula is C24H21ClFN5O3. The molecule has 0 radical (unpaired) electrons. The van der Waals surface area contributed by atoms with Gasteiger partial charge in [-0.2, -0.15) is 0 Å². The predicted molar refractivity (Wildman–Crippen MR) is 126 cm³/mol. The van der Waals surface area contributed by atoms with E-state index in [2.05, 4.69) is 20.6 Å². The molecule has 174 valence electrons. The molecule has 0 unspecified atom stereocenters. The van der Waals surface area contributed by atoms with E-state index >= 15 is 0 Å². The summed E-state index contributed by atoms with van der Waals surface area (Å²) < 4.78 is 15.8. The van der Waals surface area contributed by atoms with E-state index in [0.717, 1.165) is 5.56 Å². The number of hydrogen-bond acceptors (Lipinski definition) is 4. The van der Waals surface area contributed by atoms with Crippen LogP contribution in [0.2, 0.25) is 5.02 Å². The molecule has 34 heavy (non-hydrogen) atoms. The van der Waals surface area contributed by atoms with Crippen LogP contribution in [0.1, 0.15) is 34.1 Å². The van der Waals surface area contributed by atoms with Crippen molar-refractivity contribution in [3.05, 3.63) is 98.6 Å². The number of aromatic amines is 1. The van der Waals surface area contributed by atoms with Gasteiger partial charge < -0.3 is 20.2 Å². The van der Waals surface area contributed by atoms with Gasteiger partial charge in [0.05, 0.1) is 29.4 Å². The van der Waals surface area contributed by atoms with E-state index in [-0.39, 0.29) is 30.1 Å². The number of nitrogens with one attached hydrogen (secondary N) is 3. The van der Waals surface area contributed by atoms with Crippen LogP contribution in [0.3, 0.4) is 0 Å². The van der Waals surface area contributed by atoms with Crippen LogP contribution in [0.15, 0.2) is 59.8 Å². The topological polar surface area (TPSA) is 109 Å². The van der Waals surface area contributed by atoms with E-state index in [9.17, 15) is 18.8 Å². The highest BCUT2D eigenvalue weighted by molar-refractivity contribution is 6.35. The SMILES string of the molecule is CC(=O)NCc1ccc(Cn2cc(C(=O)NCc3cc4c(Cl)c[nH]c4cc3F)ccc2=O)cn1. The maximum absolute atomic E-state index is 14.4. The molecule has 3 N–H and O–H groups in total. The molecule has 3 aromatic heterocycles. The van der Waals surface area contributed by atoms with E-state index in [1.165, 1.54) is 35.9 Å². The number of benzene rings is 1. The fourth-order valence-electron chi connectivity index (χ4n) is 3.42. The van der Waals surface area contributed by atoms with Crippen LogP contribution in [0.25, 0.3) is 10.9 Å². The van der Waals surface area contributed by atoms with Gasteiger partial charge in [-0.15, -0.1) is 0 Å². The molecule has 1 aromatic carbocycles. The molecule has 3 heterocycles. The summed E-state index contributed by atoms with van der Waals surface area (Å²) in [6.07, 6.45) is 4.64. The Hall–Kier alpha value is -3.98. The smallest absolute Gasteiger partial charge is 0.253 e. The molecule has 0 saturated heterocycles. The molecule has 0 atom stereocenters. The normalized spacial score (nSPS) is 10.9. The van der Waals surface area contributed by atoms with Gasteiger partial charge in [0.15, 0.2) is 0 Å². The van der Waals surface area contributed by atoms with Crippen LogP contribution in [0.4, 0.5) is 4.39 Å². The summed E-state index contributed by atoms with van der Waals surface area (Å²) >= 11 is 6.10. The van der Waals surface area contributed by atoms with Crippen molar-refractivity contribution in [3.8, 4) is 0 Å². The Morgan fingerprint density at radius 1 is 1.15 bits per heavy atom. The quantitative estimate of drug-likeness (QED) is 0.377. The number of fused-ring (bicyclic) bond motifs is 1. The summed E-state index contributed by atoms with van der Waals surface area (Å²) in [5.41, 5.74) is 2.28. The average Bonchev–Trinajstić information content (AvgIpc) is 3.17. The van der Waals surface area contributed by atoms with E-state index in [1.807, 2.05) is 0 Å². The number of aromatic nitrogens is 3. The zero-order chi connectivity index (χ0) is 24.2. The van der Waals surface area contributed by atoms with Crippen molar-refractivity contribution < 1.29 is 14.0 Å². The van der Waals surface area contributed by atoms with Gasteiger partial charge in [-0.25, -0.2) is 4.39 Å². The summed E-state index contributed by atoms with van der Waals surface area (Å²) in [5.74, 6) is -1.06. The molecule has 0 spiro atoms. The van der Waals surface area contributed by atoms with Crippen molar-refractivity contribution >= 4 is 34.3 Å². The van der Waals surface area contributed by atoms with E-state index in [1.54, 1.807) is 30.6 Å². The van der Waals surface area contributed by atoms with Gasteiger partial charge in [-0.1, -0.05) is 17.7 Å². The third-order valence-electron chi connectivity index (χ3n) is 5.24. The lowest BCUT2D eigenvalue weighted by atomic mass is 10.1. The van der Waals surface area contributed by atoms with Crippen LogP contribution in [-0.2, 0) is 24.4 Å². The molecule has 4 rings (SSSR count). The van der Waals surface area contributed by atoms with E-state index in [0.29, 0.717) is 33.7 Å². The highest BCUT2D eigenvalue weighted by Gasteiger charge is 2.12. The monoisotopic (exact) mass is 481 g/mol. The number of pyridine rings is 2. The zero-order valence-electron chi connectivity index (χ0n) is 18.2. The lowest BCUT2D eigenvalue weighted by Crippen LogP contribution is -2.27. The molecule has 10 heteroatoms. The number of carbonyl (C=O) groups is 2. The zero-order valence-corrected chi connectivity index (χ0v) is 18.9. The second-order valence-corrected chi connectivity index (χ2v) is 8.17. The van der Waals surface area contributed by atoms with Gasteiger partial charge in [0.1, 0.15) is 5.82 Å².